The number of benzene rings is 1. The third kappa shape index (κ3) is 1.03. The molecule has 0 N–H and O–H groups in total. The van der Waals surface area contributed by atoms with E-state index >= 15 is 0 Å². The Kier molecular flexibility index (Phi) is 1.81. The van der Waals surface area contributed by atoms with Gasteiger partial charge in [0, 0.05) is 10.1 Å². The van der Waals surface area contributed by atoms with Crippen LogP contribution in [0.25, 0.3) is 10.1 Å². The van der Waals surface area contributed by atoms with Crippen molar-refractivity contribution in [2.45, 2.75) is 6.92 Å². The first-order valence-corrected chi connectivity index (χ1v) is 4.72. The van der Waals surface area contributed by atoms with E-state index in [0.717, 1.165) is 10.3 Å². The third-order valence-electron chi connectivity index (χ3n) is 1.83. The minimum atomic E-state index is -0.283. The predicted molar refractivity (Wildman–Crippen MR) is 51.5 cm³/mol. The number of hydrogen-bond acceptors (Lipinski definition) is 1. The molecule has 0 spiro atoms. The molecule has 0 saturated heterocycles. The molecule has 0 bridgehead atoms. The SMILES string of the molecule is Cc1cccc2sc(Cl)c(F)c12. The van der Waals surface area contributed by atoms with Crippen molar-refractivity contribution < 1.29 is 4.39 Å². The zero-order chi connectivity index (χ0) is 8.72. The molecule has 0 amide bonds. The Balaban J connectivity index is 2.97. The van der Waals surface area contributed by atoms with Crippen LogP contribution >= 0.6 is 22.9 Å². The standard InChI is InChI=1S/C9H6ClFS/c1-5-3-2-4-6-7(5)8(11)9(10)12-6/h2-4H,1H3. The van der Waals surface area contributed by atoms with Gasteiger partial charge in [0.2, 0.25) is 0 Å². The van der Waals surface area contributed by atoms with Gasteiger partial charge in [0.1, 0.15) is 4.34 Å². The van der Waals surface area contributed by atoms with Crippen LogP contribution in [0.3, 0.4) is 0 Å². The minimum Gasteiger partial charge on any atom is -0.204 e. The maximum absolute atomic E-state index is 13.3. The molecule has 2 rings (SSSR count). The first kappa shape index (κ1) is 8.02. The molecule has 2 aromatic rings. The second-order valence-electron chi connectivity index (χ2n) is 2.64. The van der Waals surface area contributed by atoms with Gasteiger partial charge in [-0.1, -0.05) is 23.7 Å². The zero-order valence-corrected chi connectivity index (χ0v) is 7.97. The summed E-state index contributed by atoms with van der Waals surface area (Å²) in [5.41, 5.74) is 0.938. The van der Waals surface area contributed by atoms with Crippen molar-refractivity contribution in [3.8, 4) is 0 Å². The van der Waals surface area contributed by atoms with E-state index in [-0.39, 0.29) is 10.2 Å². The van der Waals surface area contributed by atoms with E-state index in [0.29, 0.717) is 5.39 Å². The van der Waals surface area contributed by atoms with E-state index < -0.39 is 0 Å². The first-order chi connectivity index (χ1) is 5.70. The highest BCUT2D eigenvalue weighted by Crippen LogP contribution is 2.35. The molecular formula is C9H6ClFS. The molecule has 0 atom stereocenters. The molecule has 3 heteroatoms. The van der Waals surface area contributed by atoms with Crippen LogP contribution in [0.5, 0.6) is 0 Å². The van der Waals surface area contributed by atoms with Gasteiger partial charge >= 0.3 is 0 Å². The Labute approximate surface area is 78.6 Å². The zero-order valence-electron chi connectivity index (χ0n) is 6.40. The Morgan fingerprint density at radius 1 is 1.42 bits per heavy atom. The van der Waals surface area contributed by atoms with Crippen LogP contribution in [-0.4, -0.2) is 0 Å². The van der Waals surface area contributed by atoms with E-state index in [1.807, 2.05) is 25.1 Å². The molecule has 1 aromatic carbocycles. The lowest BCUT2D eigenvalue weighted by molar-refractivity contribution is 0.644. The Hall–Kier alpha value is -0.600. The van der Waals surface area contributed by atoms with Gasteiger partial charge in [-0.25, -0.2) is 4.39 Å². The second kappa shape index (κ2) is 2.71. The molecule has 1 heterocycles. The molecule has 0 saturated carbocycles. The van der Waals surface area contributed by atoms with Crippen LogP contribution < -0.4 is 0 Å². The quantitative estimate of drug-likeness (QED) is 0.603. The van der Waals surface area contributed by atoms with Crippen molar-refractivity contribution in [2.75, 3.05) is 0 Å². The Morgan fingerprint density at radius 2 is 2.17 bits per heavy atom. The number of aryl methyl sites for hydroxylation is 1. The van der Waals surface area contributed by atoms with Crippen molar-refractivity contribution in [1.29, 1.82) is 0 Å². The lowest BCUT2D eigenvalue weighted by Crippen LogP contribution is -1.75. The minimum absolute atomic E-state index is 0.249. The number of thiophene rings is 1. The summed E-state index contributed by atoms with van der Waals surface area (Å²) in [4.78, 5) is 0. The Bertz CT molecular complexity index is 433. The molecule has 0 aliphatic rings. The van der Waals surface area contributed by atoms with Crippen LogP contribution in [0, 0.1) is 12.7 Å². The van der Waals surface area contributed by atoms with E-state index in [2.05, 4.69) is 0 Å². The summed E-state index contributed by atoms with van der Waals surface area (Å²) in [5, 5.41) is 0.660. The van der Waals surface area contributed by atoms with E-state index in [1.165, 1.54) is 11.3 Å². The van der Waals surface area contributed by atoms with E-state index in [1.54, 1.807) is 0 Å². The average Bonchev–Trinajstić information content (AvgIpc) is 2.29. The van der Waals surface area contributed by atoms with Gasteiger partial charge in [-0.3, -0.25) is 0 Å². The normalized spacial score (nSPS) is 10.9. The highest BCUT2D eigenvalue weighted by Gasteiger charge is 2.10. The molecular weight excluding hydrogens is 195 g/mol. The molecule has 1 aromatic heterocycles. The molecule has 0 aliphatic carbocycles. The molecule has 12 heavy (non-hydrogen) atoms. The van der Waals surface area contributed by atoms with Gasteiger partial charge < -0.3 is 0 Å². The second-order valence-corrected chi connectivity index (χ2v) is 4.29. The summed E-state index contributed by atoms with van der Waals surface area (Å²) < 4.78 is 14.5. The van der Waals surface area contributed by atoms with Crippen LogP contribution in [0.15, 0.2) is 18.2 Å². The van der Waals surface area contributed by atoms with E-state index in [9.17, 15) is 4.39 Å². The van der Waals surface area contributed by atoms with Crippen molar-refractivity contribution in [3.63, 3.8) is 0 Å². The largest absolute Gasteiger partial charge is 0.204 e. The van der Waals surface area contributed by atoms with E-state index in [4.69, 9.17) is 11.6 Å². The van der Waals surface area contributed by atoms with Crippen LogP contribution in [0.4, 0.5) is 4.39 Å². The number of fused-ring (bicyclic) bond motifs is 1. The van der Waals surface area contributed by atoms with Gasteiger partial charge in [0.25, 0.3) is 0 Å². The lowest BCUT2D eigenvalue weighted by atomic mass is 10.1. The summed E-state index contributed by atoms with van der Waals surface area (Å²) in [5.74, 6) is -0.283. The average molecular weight is 201 g/mol. The van der Waals surface area contributed by atoms with Crippen molar-refractivity contribution >= 4 is 33.0 Å². The summed E-state index contributed by atoms with van der Waals surface area (Å²) in [6.07, 6.45) is 0. The van der Waals surface area contributed by atoms with Gasteiger partial charge in [-0.15, -0.1) is 11.3 Å². The monoisotopic (exact) mass is 200 g/mol. The molecule has 0 radical (unpaired) electrons. The number of rotatable bonds is 0. The smallest absolute Gasteiger partial charge is 0.160 e. The van der Waals surface area contributed by atoms with Crippen LogP contribution in [0.2, 0.25) is 4.34 Å². The van der Waals surface area contributed by atoms with Gasteiger partial charge in [-0.05, 0) is 18.6 Å². The summed E-state index contributed by atoms with van der Waals surface area (Å²) in [7, 11) is 0. The fraction of sp³-hybridized carbons (Fsp3) is 0.111. The van der Waals surface area contributed by atoms with Gasteiger partial charge in [0.15, 0.2) is 5.82 Å². The fourth-order valence-electron chi connectivity index (χ4n) is 1.25. The van der Waals surface area contributed by atoms with Crippen LogP contribution in [0.1, 0.15) is 5.56 Å². The highest BCUT2D eigenvalue weighted by molar-refractivity contribution is 7.22. The lowest BCUT2D eigenvalue weighted by Gasteiger charge is -1.93. The van der Waals surface area contributed by atoms with Gasteiger partial charge in [-0.2, -0.15) is 0 Å². The van der Waals surface area contributed by atoms with Crippen LogP contribution in [-0.2, 0) is 0 Å². The third-order valence-corrected chi connectivity index (χ3v) is 3.14. The molecule has 0 fully saturated rings. The predicted octanol–water partition coefficient (Wildman–Crippen LogP) is 4.00. The topological polar surface area (TPSA) is 0 Å². The maximum atomic E-state index is 13.3. The molecule has 0 nitrogen and oxygen atoms in total. The Morgan fingerprint density at radius 3 is 2.83 bits per heavy atom. The number of halogens is 2. The fourth-order valence-corrected chi connectivity index (χ4v) is 2.47. The number of hydrogen-bond donors (Lipinski definition) is 0. The summed E-state index contributed by atoms with van der Waals surface area (Å²) in [6.45, 7) is 1.88. The molecule has 62 valence electrons. The van der Waals surface area contributed by atoms with Crippen molar-refractivity contribution in [1.82, 2.24) is 0 Å². The first-order valence-electron chi connectivity index (χ1n) is 3.53. The molecule has 0 aliphatic heterocycles. The molecule has 0 unspecified atom stereocenters. The van der Waals surface area contributed by atoms with Crippen molar-refractivity contribution in [2.24, 2.45) is 0 Å². The highest BCUT2D eigenvalue weighted by atomic mass is 35.5. The summed E-state index contributed by atoms with van der Waals surface area (Å²) >= 11 is 6.95. The van der Waals surface area contributed by atoms with Gasteiger partial charge in [0.05, 0.1) is 0 Å². The summed E-state index contributed by atoms with van der Waals surface area (Å²) in [6, 6.07) is 5.67. The van der Waals surface area contributed by atoms with Crippen molar-refractivity contribution in [3.05, 3.63) is 33.9 Å². The maximum Gasteiger partial charge on any atom is 0.160 e.